The van der Waals surface area contributed by atoms with Gasteiger partial charge in [-0.25, -0.2) is 0 Å². The number of rotatable bonds is 6. The zero-order valence-electron chi connectivity index (χ0n) is 14.3. The standard InChI is InChI=1S/C16H31N5/c1-6-11-17-15(14-12-18-19-21(14)5)16(20(3)4)9-7-13(2)8-10-16/h12-13,15,17H,6-11H2,1-5H3. The summed E-state index contributed by atoms with van der Waals surface area (Å²) in [4.78, 5) is 2.43. The second-order valence-corrected chi connectivity index (χ2v) is 6.85. The predicted molar refractivity (Wildman–Crippen MR) is 86.1 cm³/mol. The van der Waals surface area contributed by atoms with E-state index in [0.29, 0.717) is 6.04 Å². The lowest BCUT2D eigenvalue weighted by atomic mass is 9.71. The molecule has 1 heterocycles. The molecule has 21 heavy (non-hydrogen) atoms. The molecule has 0 spiro atoms. The summed E-state index contributed by atoms with van der Waals surface area (Å²) in [5.74, 6) is 0.842. The number of hydrogen-bond donors (Lipinski definition) is 1. The molecular formula is C16H31N5. The molecule has 1 saturated carbocycles. The van der Waals surface area contributed by atoms with Crippen LogP contribution in [0.3, 0.4) is 0 Å². The van der Waals surface area contributed by atoms with Gasteiger partial charge in [-0.05, 0) is 58.7 Å². The van der Waals surface area contributed by atoms with Crippen molar-refractivity contribution in [3.8, 4) is 0 Å². The molecule has 120 valence electrons. The number of nitrogens with zero attached hydrogens (tertiary/aromatic N) is 4. The Morgan fingerprint density at radius 1 is 1.43 bits per heavy atom. The van der Waals surface area contributed by atoms with Gasteiger partial charge >= 0.3 is 0 Å². The Hall–Kier alpha value is -0.940. The van der Waals surface area contributed by atoms with Gasteiger partial charge < -0.3 is 10.2 Å². The molecule has 0 bridgehead atoms. The maximum Gasteiger partial charge on any atom is 0.0772 e. The van der Waals surface area contributed by atoms with Gasteiger partial charge in [0.1, 0.15) is 0 Å². The minimum absolute atomic E-state index is 0.164. The molecule has 1 N–H and O–H groups in total. The first kappa shape index (κ1) is 16.4. The number of aryl methyl sites for hydroxylation is 1. The molecule has 1 aromatic rings. The Kier molecular flexibility index (Phi) is 5.38. The smallest absolute Gasteiger partial charge is 0.0772 e. The Morgan fingerprint density at radius 2 is 2.10 bits per heavy atom. The summed E-state index contributed by atoms with van der Waals surface area (Å²) in [6.45, 7) is 5.62. The molecule has 1 fully saturated rings. The van der Waals surface area contributed by atoms with E-state index in [-0.39, 0.29) is 5.54 Å². The van der Waals surface area contributed by atoms with Gasteiger partial charge in [-0.1, -0.05) is 19.1 Å². The Balaban J connectivity index is 2.34. The van der Waals surface area contributed by atoms with E-state index < -0.39 is 0 Å². The maximum atomic E-state index is 4.15. The van der Waals surface area contributed by atoms with Crippen LogP contribution < -0.4 is 5.32 Å². The summed E-state index contributed by atoms with van der Waals surface area (Å²) in [6.07, 6.45) is 8.13. The second-order valence-electron chi connectivity index (χ2n) is 6.85. The highest BCUT2D eigenvalue weighted by Gasteiger charge is 2.44. The van der Waals surface area contributed by atoms with Gasteiger partial charge in [-0.15, -0.1) is 5.10 Å². The molecule has 5 nitrogen and oxygen atoms in total. The zero-order valence-corrected chi connectivity index (χ0v) is 14.3. The van der Waals surface area contributed by atoms with Crippen molar-refractivity contribution in [2.24, 2.45) is 13.0 Å². The van der Waals surface area contributed by atoms with Crippen LogP contribution in [0.2, 0.25) is 0 Å². The van der Waals surface area contributed by atoms with Gasteiger partial charge in [0.05, 0.1) is 17.9 Å². The lowest BCUT2D eigenvalue weighted by molar-refractivity contribution is 0.0401. The number of nitrogens with one attached hydrogen (secondary N) is 1. The monoisotopic (exact) mass is 293 g/mol. The van der Waals surface area contributed by atoms with Gasteiger partial charge in [0.25, 0.3) is 0 Å². The van der Waals surface area contributed by atoms with Crippen LogP contribution in [-0.4, -0.2) is 46.1 Å². The van der Waals surface area contributed by atoms with E-state index in [1.807, 2.05) is 17.9 Å². The molecule has 0 aromatic carbocycles. The van der Waals surface area contributed by atoms with Crippen molar-refractivity contribution in [1.29, 1.82) is 0 Å². The molecule has 0 saturated heterocycles. The van der Waals surface area contributed by atoms with Gasteiger partial charge in [-0.2, -0.15) is 0 Å². The average molecular weight is 293 g/mol. The average Bonchev–Trinajstić information content (AvgIpc) is 2.87. The van der Waals surface area contributed by atoms with E-state index in [1.54, 1.807) is 0 Å². The number of hydrogen-bond acceptors (Lipinski definition) is 4. The zero-order chi connectivity index (χ0) is 15.5. The molecule has 2 rings (SSSR count). The predicted octanol–water partition coefficient (Wildman–Crippen LogP) is 2.37. The van der Waals surface area contributed by atoms with Crippen molar-refractivity contribution >= 4 is 0 Å². The summed E-state index contributed by atoms with van der Waals surface area (Å²) < 4.78 is 1.93. The molecule has 0 radical (unpaired) electrons. The highest BCUT2D eigenvalue weighted by atomic mass is 15.4. The summed E-state index contributed by atoms with van der Waals surface area (Å²) >= 11 is 0. The van der Waals surface area contributed by atoms with Gasteiger partial charge in [0.2, 0.25) is 0 Å². The van der Waals surface area contributed by atoms with Crippen molar-refractivity contribution < 1.29 is 0 Å². The minimum atomic E-state index is 0.164. The van der Waals surface area contributed by atoms with Crippen molar-refractivity contribution in [3.63, 3.8) is 0 Å². The van der Waals surface area contributed by atoms with Crippen LogP contribution in [-0.2, 0) is 7.05 Å². The first-order chi connectivity index (χ1) is 10.0. The number of aromatic nitrogens is 3. The fourth-order valence-corrected chi connectivity index (χ4v) is 3.67. The third-order valence-electron chi connectivity index (χ3n) is 5.21. The number of likely N-dealkylation sites (N-methyl/N-ethyl adjacent to an activating group) is 1. The normalized spacial score (nSPS) is 28.0. The Labute approximate surface area is 129 Å². The maximum absolute atomic E-state index is 4.15. The third kappa shape index (κ3) is 3.29. The molecule has 1 aliphatic rings. The van der Waals surface area contributed by atoms with E-state index in [1.165, 1.54) is 31.4 Å². The second kappa shape index (κ2) is 6.88. The molecule has 0 amide bonds. The fourth-order valence-electron chi connectivity index (χ4n) is 3.67. The van der Waals surface area contributed by atoms with Crippen LogP contribution in [0.5, 0.6) is 0 Å². The van der Waals surface area contributed by atoms with Crippen LogP contribution in [0, 0.1) is 5.92 Å². The molecular weight excluding hydrogens is 262 g/mol. The van der Waals surface area contributed by atoms with E-state index in [4.69, 9.17) is 0 Å². The summed E-state index contributed by atoms with van der Waals surface area (Å²) in [5, 5.41) is 12.0. The van der Waals surface area contributed by atoms with Crippen LogP contribution in [0.4, 0.5) is 0 Å². The lowest BCUT2D eigenvalue weighted by Crippen LogP contribution is -2.56. The summed E-state index contributed by atoms with van der Waals surface area (Å²) in [6, 6.07) is 0.292. The third-order valence-corrected chi connectivity index (χ3v) is 5.21. The largest absolute Gasteiger partial charge is 0.307 e. The van der Waals surface area contributed by atoms with E-state index in [9.17, 15) is 0 Å². The highest BCUT2D eigenvalue weighted by Crippen LogP contribution is 2.43. The Bertz CT molecular complexity index is 432. The topological polar surface area (TPSA) is 46.0 Å². The van der Waals surface area contributed by atoms with E-state index in [2.05, 4.69) is 48.5 Å². The quantitative estimate of drug-likeness (QED) is 0.874. The molecule has 1 aromatic heterocycles. The first-order valence-electron chi connectivity index (χ1n) is 8.26. The van der Waals surface area contributed by atoms with Crippen LogP contribution >= 0.6 is 0 Å². The summed E-state index contributed by atoms with van der Waals surface area (Å²) in [7, 11) is 6.44. The van der Waals surface area contributed by atoms with Crippen LogP contribution in [0.1, 0.15) is 57.7 Å². The van der Waals surface area contributed by atoms with Gasteiger partial charge in [0, 0.05) is 12.6 Å². The van der Waals surface area contributed by atoms with Gasteiger partial charge in [-0.3, -0.25) is 4.68 Å². The van der Waals surface area contributed by atoms with Crippen molar-refractivity contribution in [2.45, 2.75) is 57.5 Å². The van der Waals surface area contributed by atoms with E-state index >= 15 is 0 Å². The molecule has 0 aliphatic heterocycles. The van der Waals surface area contributed by atoms with E-state index in [0.717, 1.165) is 18.9 Å². The van der Waals surface area contributed by atoms with Crippen molar-refractivity contribution in [3.05, 3.63) is 11.9 Å². The highest BCUT2D eigenvalue weighted by molar-refractivity contribution is 5.14. The van der Waals surface area contributed by atoms with Crippen molar-refractivity contribution in [2.75, 3.05) is 20.6 Å². The summed E-state index contributed by atoms with van der Waals surface area (Å²) in [5.41, 5.74) is 1.36. The molecule has 1 aliphatic carbocycles. The van der Waals surface area contributed by atoms with Crippen LogP contribution in [0.15, 0.2) is 6.20 Å². The minimum Gasteiger partial charge on any atom is -0.307 e. The van der Waals surface area contributed by atoms with Crippen LogP contribution in [0.25, 0.3) is 0 Å². The first-order valence-corrected chi connectivity index (χ1v) is 8.26. The molecule has 1 unspecified atom stereocenters. The molecule has 5 heteroatoms. The molecule has 1 atom stereocenters. The van der Waals surface area contributed by atoms with Crippen molar-refractivity contribution in [1.82, 2.24) is 25.2 Å². The Morgan fingerprint density at radius 3 is 2.57 bits per heavy atom. The lowest BCUT2D eigenvalue weighted by Gasteiger charge is -2.49. The fraction of sp³-hybridized carbons (Fsp3) is 0.875. The SMILES string of the molecule is CCCNC(c1cnnn1C)C1(N(C)C)CCC(C)CC1. The van der Waals surface area contributed by atoms with Gasteiger partial charge in [0.15, 0.2) is 0 Å².